The number of benzene rings is 1. The second kappa shape index (κ2) is 3.61. The van der Waals surface area contributed by atoms with Crippen molar-refractivity contribution in [2.24, 2.45) is 0 Å². The van der Waals surface area contributed by atoms with Crippen LogP contribution in [0.3, 0.4) is 0 Å². The fourth-order valence-electron chi connectivity index (χ4n) is 1.64. The van der Waals surface area contributed by atoms with Gasteiger partial charge in [0.05, 0.1) is 0 Å². The van der Waals surface area contributed by atoms with E-state index in [2.05, 4.69) is 4.98 Å². The average Bonchev–Trinajstić information content (AvgIpc) is 2.17. The summed E-state index contributed by atoms with van der Waals surface area (Å²) in [5.41, 5.74) is 1.95. The Bertz CT molecular complexity index is 503. The molecule has 0 bridgehead atoms. The highest BCUT2D eigenvalue weighted by Gasteiger charge is 2.08. The Morgan fingerprint density at radius 3 is 2.47 bits per heavy atom. The monoisotopic (exact) mass is 201 g/mol. The maximum atomic E-state index is 11.1. The molecule has 15 heavy (non-hydrogen) atoms. The van der Waals surface area contributed by atoms with E-state index < -0.39 is 0 Å². The lowest BCUT2D eigenvalue weighted by atomic mass is 10.0. The van der Waals surface area contributed by atoms with E-state index in [9.17, 15) is 9.90 Å². The van der Waals surface area contributed by atoms with Gasteiger partial charge in [0, 0.05) is 17.3 Å². The molecule has 0 aliphatic rings. The van der Waals surface area contributed by atoms with E-state index in [1.54, 1.807) is 6.92 Å². The van der Waals surface area contributed by atoms with Gasteiger partial charge in [0.25, 0.3) is 5.56 Å². The molecule has 3 nitrogen and oxygen atoms in total. The quantitative estimate of drug-likeness (QED) is 0.742. The van der Waals surface area contributed by atoms with E-state index in [0.29, 0.717) is 11.3 Å². The van der Waals surface area contributed by atoms with Crippen molar-refractivity contribution in [1.29, 1.82) is 0 Å². The first-order valence-electron chi connectivity index (χ1n) is 4.67. The second-order valence-electron chi connectivity index (χ2n) is 3.38. The average molecular weight is 201 g/mol. The molecule has 2 N–H and O–H groups in total. The normalized spacial score (nSPS) is 10.2. The first-order chi connectivity index (χ1) is 7.18. The van der Waals surface area contributed by atoms with E-state index in [-0.39, 0.29) is 11.3 Å². The molecule has 0 saturated carbocycles. The zero-order valence-electron chi connectivity index (χ0n) is 8.32. The number of aromatic hydroxyl groups is 1. The molecule has 1 heterocycles. The van der Waals surface area contributed by atoms with E-state index in [4.69, 9.17) is 0 Å². The molecule has 3 heteroatoms. The molecule has 0 amide bonds. The third kappa shape index (κ3) is 1.76. The Kier molecular flexibility index (Phi) is 2.29. The minimum Gasteiger partial charge on any atom is -0.507 e. The summed E-state index contributed by atoms with van der Waals surface area (Å²) in [6.07, 6.45) is 0. The summed E-state index contributed by atoms with van der Waals surface area (Å²) in [7, 11) is 0. The zero-order chi connectivity index (χ0) is 10.8. The van der Waals surface area contributed by atoms with Crippen molar-refractivity contribution in [3.05, 3.63) is 52.4 Å². The number of aryl methyl sites for hydroxylation is 1. The van der Waals surface area contributed by atoms with Crippen LogP contribution in [0.5, 0.6) is 5.75 Å². The highest BCUT2D eigenvalue weighted by Crippen LogP contribution is 2.29. The van der Waals surface area contributed by atoms with Crippen molar-refractivity contribution in [2.75, 3.05) is 0 Å². The number of hydrogen-bond acceptors (Lipinski definition) is 2. The van der Waals surface area contributed by atoms with Crippen LogP contribution in [0.2, 0.25) is 0 Å². The number of rotatable bonds is 1. The smallest absolute Gasteiger partial charge is 0.251 e. The highest BCUT2D eigenvalue weighted by atomic mass is 16.3. The SMILES string of the molecule is Cc1[nH]c(=O)cc(O)c1-c1ccccc1. The zero-order valence-corrected chi connectivity index (χ0v) is 8.32. The van der Waals surface area contributed by atoms with Crippen molar-refractivity contribution >= 4 is 0 Å². The summed E-state index contributed by atoms with van der Waals surface area (Å²) in [5, 5.41) is 9.71. The maximum absolute atomic E-state index is 11.1. The van der Waals surface area contributed by atoms with Crippen LogP contribution in [-0.2, 0) is 0 Å². The van der Waals surface area contributed by atoms with Gasteiger partial charge in [-0.1, -0.05) is 30.3 Å². The summed E-state index contributed by atoms with van der Waals surface area (Å²) >= 11 is 0. The molecule has 2 rings (SSSR count). The number of aromatic nitrogens is 1. The number of aromatic amines is 1. The molecule has 0 saturated heterocycles. The Labute approximate surface area is 87.0 Å². The van der Waals surface area contributed by atoms with Gasteiger partial charge in [0.1, 0.15) is 5.75 Å². The van der Waals surface area contributed by atoms with Crippen LogP contribution < -0.4 is 5.56 Å². The molecule has 0 fully saturated rings. The fraction of sp³-hybridized carbons (Fsp3) is 0.0833. The molecule has 0 atom stereocenters. The number of H-pyrrole nitrogens is 1. The van der Waals surface area contributed by atoms with Crippen molar-refractivity contribution < 1.29 is 5.11 Å². The van der Waals surface area contributed by atoms with Crippen molar-refractivity contribution in [2.45, 2.75) is 6.92 Å². The van der Waals surface area contributed by atoms with Gasteiger partial charge >= 0.3 is 0 Å². The maximum Gasteiger partial charge on any atom is 0.251 e. The van der Waals surface area contributed by atoms with Gasteiger partial charge in [0.15, 0.2) is 0 Å². The van der Waals surface area contributed by atoms with Crippen LogP contribution >= 0.6 is 0 Å². The van der Waals surface area contributed by atoms with Crippen molar-refractivity contribution in [1.82, 2.24) is 4.98 Å². The van der Waals surface area contributed by atoms with Crippen LogP contribution in [0.15, 0.2) is 41.2 Å². The number of hydrogen-bond donors (Lipinski definition) is 2. The van der Waals surface area contributed by atoms with E-state index in [1.807, 2.05) is 30.3 Å². The van der Waals surface area contributed by atoms with E-state index in [1.165, 1.54) is 6.07 Å². The van der Waals surface area contributed by atoms with Crippen molar-refractivity contribution in [3.8, 4) is 16.9 Å². The lowest BCUT2D eigenvalue weighted by Gasteiger charge is -2.07. The Morgan fingerprint density at radius 1 is 1.20 bits per heavy atom. The van der Waals surface area contributed by atoms with Crippen molar-refractivity contribution in [3.63, 3.8) is 0 Å². The first-order valence-corrected chi connectivity index (χ1v) is 4.67. The van der Waals surface area contributed by atoms with Crippen LogP contribution in [0.25, 0.3) is 11.1 Å². The summed E-state index contributed by atoms with van der Waals surface area (Å²) < 4.78 is 0. The largest absolute Gasteiger partial charge is 0.507 e. The third-order valence-electron chi connectivity index (χ3n) is 2.27. The van der Waals surface area contributed by atoms with E-state index in [0.717, 1.165) is 5.56 Å². The van der Waals surface area contributed by atoms with Gasteiger partial charge in [-0.2, -0.15) is 0 Å². The topological polar surface area (TPSA) is 53.1 Å². The molecular formula is C12H11NO2. The lowest BCUT2D eigenvalue weighted by Crippen LogP contribution is -2.06. The summed E-state index contributed by atoms with van der Waals surface area (Å²) in [5.74, 6) is 0.0162. The number of nitrogens with one attached hydrogen (secondary N) is 1. The summed E-state index contributed by atoms with van der Waals surface area (Å²) in [4.78, 5) is 13.7. The molecule has 0 aliphatic heterocycles. The Balaban J connectivity index is 2.69. The predicted octanol–water partition coefficient (Wildman–Crippen LogP) is 2.06. The minimum atomic E-state index is -0.287. The molecule has 1 aromatic heterocycles. The molecule has 2 aromatic rings. The fourth-order valence-corrected chi connectivity index (χ4v) is 1.64. The van der Waals surface area contributed by atoms with Crippen LogP contribution in [0, 0.1) is 6.92 Å². The van der Waals surface area contributed by atoms with Gasteiger partial charge < -0.3 is 10.1 Å². The molecule has 0 radical (unpaired) electrons. The summed E-state index contributed by atoms with van der Waals surface area (Å²) in [6, 6.07) is 10.6. The predicted molar refractivity (Wildman–Crippen MR) is 58.9 cm³/mol. The molecule has 76 valence electrons. The summed E-state index contributed by atoms with van der Waals surface area (Å²) in [6.45, 7) is 1.77. The van der Waals surface area contributed by atoms with Crippen LogP contribution in [0.1, 0.15) is 5.69 Å². The van der Waals surface area contributed by atoms with Gasteiger partial charge in [-0.3, -0.25) is 4.79 Å². The van der Waals surface area contributed by atoms with Crippen LogP contribution in [0.4, 0.5) is 0 Å². The third-order valence-corrected chi connectivity index (χ3v) is 2.27. The molecule has 0 spiro atoms. The molecule has 1 aromatic carbocycles. The Hall–Kier alpha value is -2.03. The van der Waals surface area contributed by atoms with Gasteiger partial charge in [-0.05, 0) is 12.5 Å². The van der Waals surface area contributed by atoms with Gasteiger partial charge in [-0.25, -0.2) is 0 Å². The lowest BCUT2D eigenvalue weighted by molar-refractivity contribution is 0.475. The molecule has 0 unspecified atom stereocenters. The van der Waals surface area contributed by atoms with E-state index >= 15 is 0 Å². The Morgan fingerprint density at radius 2 is 1.87 bits per heavy atom. The second-order valence-corrected chi connectivity index (χ2v) is 3.38. The van der Waals surface area contributed by atoms with Crippen LogP contribution in [-0.4, -0.2) is 10.1 Å². The number of pyridine rings is 1. The first kappa shape index (κ1) is 9.52. The standard InChI is InChI=1S/C12H11NO2/c1-8-12(9-5-3-2-4-6-9)10(14)7-11(15)13-8/h2-7H,1H3,(H2,13,14,15). The molecular weight excluding hydrogens is 190 g/mol. The molecule has 0 aliphatic carbocycles. The van der Waals surface area contributed by atoms with Gasteiger partial charge in [0.2, 0.25) is 0 Å². The van der Waals surface area contributed by atoms with Gasteiger partial charge in [-0.15, -0.1) is 0 Å². The highest BCUT2D eigenvalue weighted by molar-refractivity contribution is 5.71. The minimum absolute atomic E-state index is 0.0162.